The van der Waals surface area contributed by atoms with E-state index >= 15 is 0 Å². The van der Waals surface area contributed by atoms with Crippen molar-refractivity contribution in [2.24, 2.45) is 0 Å². The van der Waals surface area contributed by atoms with E-state index in [2.05, 4.69) is 38.0 Å². The summed E-state index contributed by atoms with van der Waals surface area (Å²) in [4.78, 5) is 17.8. The number of aryl methyl sites for hydroxylation is 1. The summed E-state index contributed by atoms with van der Waals surface area (Å²) < 4.78 is 12.0. The molecule has 2 aromatic carbocycles. The van der Waals surface area contributed by atoms with Gasteiger partial charge in [0.2, 0.25) is 0 Å². The molecule has 0 unspecified atom stereocenters. The number of amides is 1. The molecule has 32 heavy (non-hydrogen) atoms. The quantitative estimate of drug-likeness (QED) is 0.512. The number of benzene rings is 2. The lowest BCUT2D eigenvalue weighted by Crippen LogP contribution is -2.48. The maximum Gasteiger partial charge on any atom is 0.262 e. The molecule has 0 saturated carbocycles. The number of ether oxygens (including phenoxy) is 2. The van der Waals surface area contributed by atoms with Gasteiger partial charge in [0.05, 0.1) is 11.6 Å². The van der Waals surface area contributed by atoms with Crippen molar-refractivity contribution in [2.45, 2.75) is 13.8 Å². The predicted molar refractivity (Wildman–Crippen MR) is 136 cm³/mol. The van der Waals surface area contributed by atoms with Crippen LogP contribution >= 0.6 is 39.7 Å². The first-order valence-electron chi connectivity index (χ1n) is 10.4. The number of nitrogens with one attached hydrogen (secondary N) is 1. The number of thiocarbonyl (C=S) groups is 1. The fraction of sp³-hybridized carbons (Fsp3) is 0.391. The zero-order valence-corrected chi connectivity index (χ0v) is 21.6. The van der Waals surface area contributed by atoms with Crippen LogP contribution < -0.4 is 14.8 Å². The van der Waals surface area contributed by atoms with Crippen LogP contribution in [0.3, 0.4) is 0 Å². The molecule has 0 aliphatic carbocycles. The smallest absolute Gasteiger partial charge is 0.262 e. The third kappa shape index (κ3) is 6.13. The molecule has 1 heterocycles. The van der Waals surface area contributed by atoms with Crippen LogP contribution in [0.25, 0.3) is 0 Å². The van der Waals surface area contributed by atoms with E-state index in [0.717, 1.165) is 48.8 Å². The molecule has 1 N–H and O–H groups in total. The highest BCUT2D eigenvalue weighted by molar-refractivity contribution is 9.10. The minimum atomic E-state index is -0.299. The van der Waals surface area contributed by atoms with E-state index < -0.39 is 0 Å². The van der Waals surface area contributed by atoms with Gasteiger partial charge in [0.1, 0.15) is 4.99 Å². The van der Waals surface area contributed by atoms with Crippen LogP contribution in [0.5, 0.6) is 11.5 Å². The predicted octanol–water partition coefficient (Wildman–Crippen LogP) is 4.75. The first kappa shape index (κ1) is 24.8. The molecule has 1 aliphatic heterocycles. The molecule has 0 radical (unpaired) electrons. The average molecular weight is 541 g/mol. The Morgan fingerprint density at radius 2 is 1.94 bits per heavy atom. The highest BCUT2D eigenvalue weighted by Gasteiger charge is 2.21. The molecule has 0 aromatic heterocycles. The van der Waals surface area contributed by atoms with Crippen molar-refractivity contribution in [1.82, 2.24) is 9.80 Å². The Morgan fingerprint density at radius 1 is 1.22 bits per heavy atom. The number of anilines is 1. The second-order valence-corrected chi connectivity index (χ2v) is 9.16. The lowest BCUT2D eigenvalue weighted by atomic mass is 10.1. The summed E-state index contributed by atoms with van der Waals surface area (Å²) in [5.74, 6) is 0.661. The third-order valence-corrected chi connectivity index (χ3v) is 6.88. The number of rotatable bonds is 7. The molecule has 6 nitrogen and oxygen atoms in total. The lowest BCUT2D eigenvalue weighted by molar-refractivity contribution is -0.118. The molecular weight excluding hydrogens is 514 g/mol. The van der Waals surface area contributed by atoms with E-state index in [1.54, 1.807) is 19.2 Å². The van der Waals surface area contributed by atoms with Crippen LogP contribution in [0.2, 0.25) is 5.02 Å². The van der Waals surface area contributed by atoms with E-state index in [4.69, 9.17) is 33.3 Å². The largest absolute Gasteiger partial charge is 0.493 e. The van der Waals surface area contributed by atoms with Gasteiger partial charge in [-0.15, -0.1) is 0 Å². The number of hydrogen-bond donors (Lipinski definition) is 1. The first-order valence-corrected chi connectivity index (χ1v) is 12.0. The van der Waals surface area contributed by atoms with E-state index in [1.807, 2.05) is 25.1 Å². The second kappa shape index (κ2) is 11.3. The van der Waals surface area contributed by atoms with E-state index in [1.165, 1.54) is 0 Å². The Labute approximate surface area is 207 Å². The molecule has 2 aromatic rings. The van der Waals surface area contributed by atoms with Gasteiger partial charge in [-0.3, -0.25) is 4.79 Å². The van der Waals surface area contributed by atoms with E-state index in [0.29, 0.717) is 26.7 Å². The van der Waals surface area contributed by atoms with Gasteiger partial charge in [0, 0.05) is 42.5 Å². The zero-order chi connectivity index (χ0) is 23.3. The van der Waals surface area contributed by atoms with Crippen molar-refractivity contribution in [1.29, 1.82) is 0 Å². The number of carbonyl (C=O) groups is 1. The third-order valence-electron chi connectivity index (χ3n) is 5.39. The van der Waals surface area contributed by atoms with Crippen LogP contribution in [0, 0.1) is 6.92 Å². The normalized spacial score (nSPS) is 14.2. The van der Waals surface area contributed by atoms with Gasteiger partial charge >= 0.3 is 0 Å². The van der Waals surface area contributed by atoms with Crippen molar-refractivity contribution in [3.05, 3.63) is 51.0 Å². The topological polar surface area (TPSA) is 54.0 Å². The number of nitrogens with zero attached hydrogens (tertiary/aromatic N) is 2. The van der Waals surface area contributed by atoms with Crippen LogP contribution in [0.1, 0.15) is 18.1 Å². The van der Waals surface area contributed by atoms with Gasteiger partial charge < -0.3 is 24.6 Å². The Balaban J connectivity index is 1.66. The molecule has 9 heteroatoms. The SMILES string of the molecule is CCN1CCN(C(=S)c2cc(Br)c(OCC(=O)Nc3ccc(C)c(Cl)c3)c(OC)c2)CC1. The standard InChI is InChI=1S/C23H27BrClN3O3S/c1-4-27-7-9-28(10-8-27)23(32)16-11-18(24)22(20(12-16)30-3)31-14-21(29)26-17-6-5-15(2)19(25)13-17/h5-6,11-13H,4,7-10,14H2,1-3H3,(H,26,29). The number of piperazine rings is 1. The van der Waals surface area contributed by atoms with Gasteiger partial charge in [0.15, 0.2) is 18.1 Å². The summed E-state index contributed by atoms with van der Waals surface area (Å²) in [5.41, 5.74) is 2.43. The molecule has 1 saturated heterocycles. The van der Waals surface area contributed by atoms with Crippen molar-refractivity contribution in [2.75, 3.05) is 51.8 Å². The molecule has 0 atom stereocenters. The summed E-state index contributed by atoms with van der Waals surface area (Å²) in [6, 6.07) is 9.12. The zero-order valence-electron chi connectivity index (χ0n) is 18.4. The Kier molecular flexibility index (Phi) is 8.76. The van der Waals surface area contributed by atoms with Gasteiger partial charge in [-0.2, -0.15) is 0 Å². The monoisotopic (exact) mass is 539 g/mol. The summed E-state index contributed by atoms with van der Waals surface area (Å²) >= 11 is 15.4. The molecule has 3 rings (SSSR count). The Morgan fingerprint density at radius 3 is 2.56 bits per heavy atom. The highest BCUT2D eigenvalue weighted by Crippen LogP contribution is 2.37. The first-order chi connectivity index (χ1) is 15.3. The van der Waals surface area contributed by atoms with Crippen LogP contribution in [0.15, 0.2) is 34.8 Å². The fourth-order valence-corrected chi connectivity index (χ4v) is 4.48. The van der Waals surface area contributed by atoms with Crippen molar-refractivity contribution < 1.29 is 14.3 Å². The number of likely N-dealkylation sites (N-methyl/N-ethyl adjacent to an activating group) is 1. The molecule has 1 aliphatic rings. The number of halogens is 2. The summed E-state index contributed by atoms with van der Waals surface area (Å²) in [6.45, 7) is 8.74. The summed E-state index contributed by atoms with van der Waals surface area (Å²) in [7, 11) is 1.57. The van der Waals surface area contributed by atoms with Crippen LogP contribution in [0.4, 0.5) is 5.69 Å². The van der Waals surface area contributed by atoms with E-state index in [9.17, 15) is 4.79 Å². The van der Waals surface area contributed by atoms with Crippen molar-refractivity contribution in [3.8, 4) is 11.5 Å². The lowest BCUT2D eigenvalue weighted by Gasteiger charge is -2.35. The number of carbonyl (C=O) groups excluding carboxylic acids is 1. The molecule has 0 spiro atoms. The van der Waals surface area contributed by atoms with Crippen molar-refractivity contribution >= 4 is 56.3 Å². The maximum atomic E-state index is 12.4. The molecular formula is C23H27BrClN3O3S. The average Bonchev–Trinajstić information content (AvgIpc) is 2.79. The molecule has 172 valence electrons. The van der Waals surface area contributed by atoms with E-state index in [-0.39, 0.29) is 12.5 Å². The molecule has 1 amide bonds. The Hall–Kier alpha value is -1.87. The van der Waals surface area contributed by atoms with Crippen LogP contribution in [-0.4, -0.2) is 67.1 Å². The van der Waals surface area contributed by atoms with Gasteiger partial charge in [0.25, 0.3) is 5.91 Å². The Bertz CT molecular complexity index is 997. The highest BCUT2D eigenvalue weighted by atomic mass is 79.9. The molecule has 0 bridgehead atoms. The minimum Gasteiger partial charge on any atom is -0.493 e. The summed E-state index contributed by atoms with van der Waals surface area (Å²) in [5, 5.41) is 3.38. The van der Waals surface area contributed by atoms with Crippen LogP contribution in [-0.2, 0) is 4.79 Å². The summed E-state index contributed by atoms with van der Waals surface area (Å²) in [6.07, 6.45) is 0. The fourth-order valence-electron chi connectivity index (χ4n) is 3.44. The molecule has 1 fully saturated rings. The van der Waals surface area contributed by atoms with Gasteiger partial charge in [-0.25, -0.2) is 0 Å². The maximum absolute atomic E-state index is 12.4. The van der Waals surface area contributed by atoms with Gasteiger partial charge in [-0.1, -0.05) is 36.8 Å². The number of hydrogen-bond acceptors (Lipinski definition) is 5. The second-order valence-electron chi connectivity index (χ2n) is 7.52. The minimum absolute atomic E-state index is 0.177. The van der Waals surface area contributed by atoms with Gasteiger partial charge in [-0.05, 0) is 59.2 Å². The van der Waals surface area contributed by atoms with Crippen molar-refractivity contribution in [3.63, 3.8) is 0 Å². The number of methoxy groups -OCH3 is 1.